The second kappa shape index (κ2) is 11.3. The van der Waals surface area contributed by atoms with Gasteiger partial charge in [0.25, 0.3) is 0 Å². The molecule has 3 aliphatic rings. The maximum absolute atomic E-state index is 14.3. The molecule has 0 unspecified atom stereocenters. The van der Waals surface area contributed by atoms with E-state index in [1.807, 2.05) is 0 Å². The zero-order chi connectivity index (χ0) is 28.7. The number of piperidine rings is 1. The second-order valence-electron chi connectivity index (χ2n) is 11.2. The van der Waals surface area contributed by atoms with E-state index < -0.39 is 23.9 Å². The number of anilines is 1. The van der Waals surface area contributed by atoms with Crippen LogP contribution in [0.25, 0.3) is 10.9 Å². The molecule has 3 aromatic rings. The highest BCUT2D eigenvalue weighted by atomic mass is 35.5. The monoisotopic (exact) mass is 581 g/mol. The summed E-state index contributed by atoms with van der Waals surface area (Å²) in [6, 6.07) is 8.37. The number of carbonyl (C=O) groups is 3. The molecule has 0 spiro atoms. The van der Waals surface area contributed by atoms with Gasteiger partial charge in [-0.25, -0.2) is 14.0 Å². The maximum Gasteiger partial charge on any atom is 0.323 e. The number of nitrogens with zero attached hydrogens (tertiary/aromatic N) is 3. The van der Waals surface area contributed by atoms with Gasteiger partial charge in [0.05, 0.1) is 22.3 Å². The average Bonchev–Trinajstić information content (AvgIpc) is 3.28. The van der Waals surface area contributed by atoms with Crippen LogP contribution in [0.3, 0.4) is 0 Å². The zero-order valence-corrected chi connectivity index (χ0v) is 23.4. The minimum Gasteiger partial charge on any atom is -0.492 e. The molecule has 3 amide bonds. The molecule has 3 heterocycles. The molecule has 1 aliphatic carbocycles. The molecule has 216 valence electrons. The summed E-state index contributed by atoms with van der Waals surface area (Å²) in [6.07, 6.45) is 5.66. The Morgan fingerprint density at radius 3 is 2.71 bits per heavy atom. The first-order valence-corrected chi connectivity index (χ1v) is 14.5. The fourth-order valence-electron chi connectivity index (χ4n) is 6.26. The molecule has 1 saturated carbocycles. The van der Waals surface area contributed by atoms with Crippen LogP contribution in [0.1, 0.15) is 37.7 Å². The normalized spacial score (nSPS) is 21.7. The summed E-state index contributed by atoms with van der Waals surface area (Å²) < 4.78 is 21.6. The molecule has 2 aliphatic heterocycles. The quantitative estimate of drug-likeness (QED) is 0.368. The first-order chi connectivity index (χ1) is 19.8. The number of ether oxygens (including phenoxy) is 1. The summed E-state index contributed by atoms with van der Waals surface area (Å²) in [5.74, 6) is 0.273. The van der Waals surface area contributed by atoms with Crippen molar-refractivity contribution >= 4 is 46.0 Å². The Bertz CT molecular complexity index is 1500. The fraction of sp³-hybridized carbons (Fsp3) is 0.433. The van der Waals surface area contributed by atoms with Crippen molar-refractivity contribution in [1.29, 1.82) is 0 Å². The van der Waals surface area contributed by atoms with Crippen molar-refractivity contribution in [3.63, 3.8) is 0 Å². The number of carbonyl (C=O) groups excluding carboxylic acids is 3. The number of ketones is 1. The van der Waals surface area contributed by atoms with Gasteiger partial charge in [-0.1, -0.05) is 23.7 Å². The Kier molecular flexibility index (Phi) is 7.61. The number of benzene rings is 2. The van der Waals surface area contributed by atoms with Gasteiger partial charge < -0.3 is 20.7 Å². The van der Waals surface area contributed by atoms with Gasteiger partial charge in [-0.3, -0.25) is 14.3 Å². The summed E-state index contributed by atoms with van der Waals surface area (Å²) >= 11 is 5.89. The molecular formula is C30H33ClFN5O4. The molecule has 2 aromatic carbocycles. The smallest absolute Gasteiger partial charge is 0.323 e. The largest absolute Gasteiger partial charge is 0.492 e. The number of fused-ring (bicyclic) bond motifs is 2. The topological polar surface area (TPSA) is 110 Å². The van der Waals surface area contributed by atoms with Crippen LogP contribution in [0.15, 0.2) is 42.6 Å². The van der Waals surface area contributed by atoms with Gasteiger partial charge >= 0.3 is 12.1 Å². The molecule has 3 N–H and O–H groups in total. The van der Waals surface area contributed by atoms with Crippen molar-refractivity contribution in [3.05, 3.63) is 59.0 Å². The van der Waals surface area contributed by atoms with E-state index in [4.69, 9.17) is 22.1 Å². The number of Topliss-reactive ketones (excluding diaryl/α,β-unsaturated/α-hetero) is 1. The van der Waals surface area contributed by atoms with Crippen molar-refractivity contribution in [3.8, 4) is 5.75 Å². The van der Waals surface area contributed by atoms with Gasteiger partial charge in [0.2, 0.25) is 0 Å². The third-order valence-corrected chi connectivity index (χ3v) is 8.80. The van der Waals surface area contributed by atoms with Crippen molar-refractivity contribution in [2.24, 2.45) is 11.7 Å². The van der Waals surface area contributed by atoms with Crippen LogP contribution >= 0.6 is 11.6 Å². The Morgan fingerprint density at radius 1 is 1.12 bits per heavy atom. The number of rotatable bonds is 9. The van der Waals surface area contributed by atoms with E-state index in [0.29, 0.717) is 40.9 Å². The van der Waals surface area contributed by atoms with Crippen molar-refractivity contribution in [1.82, 2.24) is 14.4 Å². The molecule has 0 radical (unpaired) electrons. The minimum absolute atomic E-state index is 0.0131. The average molecular weight is 582 g/mol. The van der Waals surface area contributed by atoms with Gasteiger partial charge in [-0.2, -0.15) is 0 Å². The van der Waals surface area contributed by atoms with Crippen LogP contribution in [0.4, 0.5) is 19.7 Å². The van der Waals surface area contributed by atoms with Gasteiger partial charge in [0, 0.05) is 30.6 Å². The Hall–Kier alpha value is -3.63. The highest BCUT2D eigenvalue weighted by Gasteiger charge is 2.55. The first-order valence-electron chi connectivity index (χ1n) is 14.1. The predicted molar refractivity (Wildman–Crippen MR) is 154 cm³/mol. The van der Waals surface area contributed by atoms with Crippen LogP contribution in [0.5, 0.6) is 5.75 Å². The number of primary amides is 1. The number of aromatic nitrogens is 1. The molecule has 9 nitrogen and oxygen atoms in total. The maximum atomic E-state index is 14.3. The molecule has 0 bridgehead atoms. The van der Waals surface area contributed by atoms with Gasteiger partial charge in [-0.05, 0) is 80.9 Å². The fourth-order valence-corrected chi connectivity index (χ4v) is 6.46. The summed E-state index contributed by atoms with van der Waals surface area (Å²) in [5, 5.41) is 3.56. The SMILES string of the molecule is NC(=O)n1cc(NC(=O)N2[C@@H]3C[C@@H]3C[C@H]2C(=O)CCc2cccc(Cl)c2F)c2cc(OCCN3CCCC3)ccc21. The number of urea groups is 1. The minimum atomic E-state index is -0.678. The summed E-state index contributed by atoms with van der Waals surface area (Å²) in [5.41, 5.74) is 6.94. The summed E-state index contributed by atoms with van der Waals surface area (Å²) in [4.78, 5) is 43.0. The molecule has 2 saturated heterocycles. The Morgan fingerprint density at radius 2 is 1.93 bits per heavy atom. The molecule has 11 heteroatoms. The third-order valence-electron chi connectivity index (χ3n) is 8.51. The van der Waals surface area contributed by atoms with E-state index in [1.165, 1.54) is 29.7 Å². The Balaban J connectivity index is 1.17. The molecule has 41 heavy (non-hydrogen) atoms. The first kappa shape index (κ1) is 27.5. The van der Waals surface area contributed by atoms with Crippen LogP contribution in [0, 0.1) is 11.7 Å². The van der Waals surface area contributed by atoms with E-state index in [9.17, 15) is 18.8 Å². The molecule has 3 atom stereocenters. The lowest BCUT2D eigenvalue weighted by Crippen LogP contribution is -2.45. The van der Waals surface area contributed by atoms with E-state index in [0.717, 1.165) is 26.1 Å². The lowest BCUT2D eigenvalue weighted by atomic mass is 10.00. The highest BCUT2D eigenvalue weighted by molar-refractivity contribution is 6.30. The van der Waals surface area contributed by atoms with Crippen molar-refractivity contribution < 1.29 is 23.5 Å². The van der Waals surface area contributed by atoms with Crippen LogP contribution in [-0.2, 0) is 11.2 Å². The van der Waals surface area contributed by atoms with E-state index >= 15 is 0 Å². The lowest BCUT2D eigenvalue weighted by molar-refractivity contribution is -0.123. The predicted octanol–water partition coefficient (Wildman–Crippen LogP) is 5.03. The van der Waals surface area contributed by atoms with Gasteiger partial charge in [-0.15, -0.1) is 0 Å². The van der Waals surface area contributed by atoms with Crippen molar-refractivity contribution in [2.45, 2.75) is 50.6 Å². The summed E-state index contributed by atoms with van der Waals surface area (Å²) in [7, 11) is 0. The molecule has 3 fully saturated rings. The lowest BCUT2D eigenvalue weighted by Gasteiger charge is -2.27. The van der Waals surface area contributed by atoms with E-state index in [-0.39, 0.29) is 35.6 Å². The Labute approximate surface area is 242 Å². The second-order valence-corrected chi connectivity index (χ2v) is 11.6. The number of aryl methyl sites for hydroxylation is 1. The number of nitrogens with two attached hydrogens (primary N) is 1. The van der Waals surface area contributed by atoms with E-state index in [1.54, 1.807) is 35.2 Å². The number of halogens is 2. The van der Waals surface area contributed by atoms with Gasteiger partial charge in [0.15, 0.2) is 5.78 Å². The highest BCUT2D eigenvalue weighted by Crippen LogP contribution is 2.48. The van der Waals surface area contributed by atoms with Crippen LogP contribution in [-0.4, -0.2) is 70.5 Å². The van der Waals surface area contributed by atoms with Crippen LogP contribution in [0.2, 0.25) is 5.02 Å². The number of amides is 3. The zero-order valence-electron chi connectivity index (χ0n) is 22.7. The van der Waals surface area contributed by atoms with Crippen LogP contribution < -0.4 is 15.8 Å². The molecule has 6 rings (SSSR count). The number of likely N-dealkylation sites (tertiary alicyclic amines) is 2. The van der Waals surface area contributed by atoms with E-state index in [2.05, 4.69) is 10.2 Å². The standard InChI is InChI=1S/C30H33ClFN5O4/c31-22-5-3-4-18(28(22)32)6-9-27(38)26-15-19-14-25(19)37(26)30(40)34-23-17-36(29(33)39)24-8-7-20(16-21(23)24)41-13-12-35-10-1-2-11-35/h3-5,7-8,16-17,19,25-26H,1-2,6,9-15H2,(H2,33,39)(H,34,40)/t19-,25-,26+/m1/s1. The van der Waals surface area contributed by atoms with Gasteiger partial charge in [0.1, 0.15) is 18.2 Å². The number of hydrogen-bond acceptors (Lipinski definition) is 5. The number of hydrogen-bond donors (Lipinski definition) is 2. The number of nitrogens with one attached hydrogen (secondary N) is 1. The molecule has 1 aromatic heterocycles. The molecular weight excluding hydrogens is 549 g/mol. The summed E-state index contributed by atoms with van der Waals surface area (Å²) in [6.45, 7) is 3.53. The third kappa shape index (κ3) is 5.63. The van der Waals surface area contributed by atoms with Crippen molar-refractivity contribution in [2.75, 3.05) is 31.6 Å².